The van der Waals surface area contributed by atoms with Crippen molar-refractivity contribution in [1.29, 1.82) is 0 Å². The number of carbonyl (C=O) groups excluding carboxylic acids is 2. The Labute approximate surface area is 116 Å². The highest BCUT2D eigenvalue weighted by Crippen LogP contribution is 2.35. The van der Waals surface area contributed by atoms with Gasteiger partial charge in [0, 0.05) is 6.42 Å². The first-order valence-corrected chi connectivity index (χ1v) is 7.02. The van der Waals surface area contributed by atoms with E-state index in [-0.39, 0.29) is 30.2 Å². The topological polar surface area (TPSA) is 76.3 Å². The van der Waals surface area contributed by atoms with Crippen molar-refractivity contribution in [2.75, 3.05) is 0 Å². The van der Waals surface area contributed by atoms with Gasteiger partial charge in [-0.05, 0) is 19.3 Å². The number of likely N-dealkylation sites (tertiary alicyclic amines) is 1. The maximum absolute atomic E-state index is 12.3. The molecule has 1 fully saturated rings. The third-order valence-electron chi connectivity index (χ3n) is 3.87. The largest absolute Gasteiger partial charge is 0.339 e. The minimum absolute atomic E-state index is 0.105. The van der Waals surface area contributed by atoms with Crippen molar-refractivity contribution >= 4 is 11.8 Å². The number of fused-ring (bicyclic) bond motifs is 1. The Morgan fingerprint density at radius 1 is 1.25 bits per heavy atom. The molecule has 2 heterocycles. The van der Waals surface area contributed by atoms with Crippen molar-refractivity contribution < 1.29 is 14.1 Å². The number of hydrogen-bond donors (Lipinski definition) is 0. The van der Waals surface area contributed by atoms with Crippen molar-refractivity contribution in [2.45, 2.75) is 39.2 Å². The first-order chi connectivity index (χ1) is 9.70. The van der Waals surface area contributed by atoms with Gasteiger partial charge < -0.3 is 4.52 Å². The van der Waals surface area contributed by atoms with Gasteiger partial charge in [0.1, 0.15) is 0 Å². The minimum Gasteiger partial charge on any atom is -0.339 e. The number of rotatable bonds is 4. The summed E-state index contributed by atoms with van der Waals surface area (Å²) in [5.41, 5.74) is 0. The van der Waals surface area contributed by atoms with Gasteiger partial charge in [-0.15, -0.1) is 0 Å². The summed E-state index contributed by atoms with van der Waals surface area (Å²) in [6.07, 6.45) is 6.88. The molecule has 2 aliphatic rings. The molecule has 1 saturated heterocycles. The average molecular weight is 275 g/mol. The average Bonchev–Trinajstić information content (AvgIpc) is 2.99. The summed E-state index contributed by atoms with van der Waals surface area (Å²) in [5.74, 6) is 0.351. The molecule has 20 heavy (non-hydrogen) atoms. The lowest BCUT2D eigenvalue weighted by Gasteiger charge is -2.14. The Hall–Kier alpha value is -1.98. The molecule has 0 bridgehead atoms. The summed E-state index contributed by atoms with van der Waals surface area (Å²) < 4.78 is 5.08. The van der Waals surface area contributed by atoms with Crippen LogP contribution in [0.2, 0.25) is 0 Å². The zero-order valence-corrected chi connectivity index (χ0v) is 11.4. The van der Waals surface area contributed by atoms with Gasteiger partial charge in [0.2, 0.25) is 17.7 Å². The summed E-state index contributed by atoms with van der Waals surface area (Å²) in [5, 5.41) is 3.84. The highest BCUT2D eigenvalue weighted by molar-refractivity contribution is 6.05. The SMILES string of the molecule is CCCc1nc(CN2C(=O)[C@@H]3CC=CC[C@H]3C2=O)no1. The number of amides is 2. The Bertz CT molecular complexity index is 538. The first kappa shape index (κ1) is 13.0. The molecule has 0 aromatic carbocycles. The third-order valence-corrected chi connectivity index (χ3v) is 3.87. The predicted octanol–water partition coefficient (Wildman–Crippen LogP) is 1.47. The monoisotopic (exact) mass is 275 g/mol. The number of hydrogen-bond acceptors (Lipinski definition) is 5. The van der Waals surface area contributed by atoms with Gasteiger partial charge in [-0.3, -0.25) is 14.5 Å². The van der Waals surface area contributed by atoms with Crippen molar-refractivity contribution in [3.8, 4) is 0 Å². The predicted molar refractivity (Wildman–Crippen MR) is 69.2 cm³/mol. The van der Waals surface area contributed by atoms with Crippen LogP contribution in [0.4, 0.5) is 0 Å². The van der Waals surface area contributed by atoms with Crippen molar-refractivity contribution in [3.05, 3.63) is 23.9 Å². The molecule has 106 valence electrons. The fourth-order valence-corrected chi connectivity index (χ4v) is 2.84. The third kappa shape index (κ3) is 2.15. The molecule has 0 spiro atoms. The van der Waals surface area contributed by atoms with Crippen LogP contribution in [0.3, 0.4) is 0 Å². The Morgan fingerprint density at radius 2 is 1.90 bits per heavy atom. The van der Waals surface area contributed by atoms with Gasteiger partial charge in [-0.25, -0.2) is 0 Å². The highest BCUT2D eigenvalue weighted by Gasteiger charge is 2.47. The van der Waals surface area contributed by atoms with Crippen LogP contribution in [-0.2, 0) is 22.6 Å². The van der Waals surface area contributed by atoms with Gasteiger partial charge in [0.05, 0.1) is 18.4 Å². The van der Waals surface area contributed by atoms with Gasteiger partial charge in [0.25, 0.3) is 0 Å². The van der Waals surface area contributed by atoms with E-state index in [1.807, 2.05) is 19.1 Å². The zero-order valence-electron chi connectivity index (χ0n) is 11.4. The quantitative estimate of drug-likeness (QED) is 0.614. The number of aromatic nitrogens is 2. The molecule has 6 heteroatoms. The van der Waals surface area contributed by atoms with E-state index in [1.54, 1.807) is 0 Å². The van der Waals surface area contributed by atoms with Crippen molar-refractivity contribution in [1.82, 2.24) is 15.0 Å². The van der Waals surface area contributed by atoms with Gasteiger partial charge in [-0.1, -0.05) is 24.2 Å². The Balaban J connectivity index is 1.74. The lowest BCUT2D eigenvalue weighted by atomic mass is 9.85. The summed E-state index contributed by atoms with van der Waals surface area (Å²) in [6.45, 7) is 2.15. The molecule has 1 aliphatic heterocycles. The molecule has 1 aromatic rings. The maximum Gasteiger partial charge on any atom is 0.233 e. The lowest BCUT2D eigenvalue weighted by Crippen LogP contribution is -2.31. The molecule has 1 aromatic heterocycles. The number of allylic oxidation sites excluding steroid dienone is 2. The number of aryl methyl sites for hydroxylation is 1. The van der Waals surface area contributed by atoms with Gasteiger partial charge in [0.15, 0.2) is 5.82 Å². The molecular weight excluding hydrogens is 258 g/mol. The van der Waals surface area contributed by atoms with Crippen molar-refractivity contribution in [2.24, 2.45) is 11.8 Å². The van der Waals surface area contributed by atoms with Crippen LogP contribution in [0, 0.1) is 11.8 Å². The first-order valence-electron chi connectivity index (χ1n) is 7.02. The van der Waals surface area contributed by atoms with E-state index in [9.17, 15) is 9.59 Å². The molecule has 2 atom stereocenters. The molecule has 1 aliphatic carbocycles. The minimum atomic E-state index is -0.200. The fourth-order valence-electron chi connectivity index (χ4n) is 2.84. The van der Waals surface area contributed by atoms with Crippen LogP contribution < -0.4 is 0 Å². The van der Waals surface area contributed by atoms with E-state index in [0.29, 0.717) is 31.0 Å². The van der Waals surface area contributed by atoms with E-state index < -0.39 is 0 Å². The summed E-state index contributed by atoms with van der Waals surface area (Å²) in [4.78, 5) is 30.0. The summed E-state index contributed by atoms with van der Waals surface area (Å²) in [7, 11) is 0. The van der Waals surface area contributed by atoms with E-state index in [0.717, 1.165) is 6.42 Å². The van der Waals surface area contributed by atoms with Crippen LogP contribution in [0.5, 0.6) is 0 Å². The molecule has 0 radical (unpaired) electrons. The van der Waals surface area contributed by atoms with Crippen molar-refractivity contribution in [3.63, 3.8) is 0 Å². The molecule has 3 rings (SSSR count). The van der Waals surface area contributed by atoms with E-state index in [1.165, 1.54) is 4.90 Å². The van der Waals surface area contributed by atoms with Crippen LogP contribution in [0.1, 0.15) is 37.9 Å². The van der Waals surface area contributed by atoms with E-state index in [2.05, 4.69) is 10.1 Å². The second kappa shape index (κ2) is 5.19. The number of nitrogens with zero attached hydrogens (tertiary/aromatic N) is 3. The van der Waals surface area contributed by atoms with Gasteiger partial charge >= 0.3 is 0 Å². The Kier molecular flexibility index (Phi) is 3.38. The molecule has 6 nitrogen and oxygen atoms in total. The highest BCUT2D eigenvalue weighted by atomic mass is 16.5. The smallest absolute Gasteiger partial charge is 0.233 e. The normalized spacial score (nSPS) is 25.4. The Morgan fingerprint density at radius 3 is 2.50 bits per heavy atom. The van der Waals surface area contributed by atoms with Crippen LogP contribution in [0.25, 0.3) is 0 Å². The molecule has 0 unspecified atom stereocenters. The summed E-state index contributed by atoms with van der Waals surface area (Å²) in [6, 6.07) is 0. The van der Waals surface area contributed by atoms with E-state index in [4.69, 9.17) is 4.52 Å². The molecule has 2 amide bonds. The summed E-state index contributed by atoms with van der Waals surface area (Å²) >= 11 is 0. The molecule has 0 N–H and O–H groups in total. The molecular formula is C14H17N3O3. The number of carbonyl (C=O) groups is 2. The fraction of sp³-hybridized carbons (Fsp3) is 0.571. The van der Waals surface area contributed by atoms with Gasteiger partial charge in [-0.2, -0.15) is 4.98 Å². The van der Waals surface area contributed by atoms with Crippen LogP contribution in [0.15, 0.2) is 16.7 Å². The lowest BCUT2D eigenvalue weighted by molar-refractivity contribution is -0.140. The van der Waals surface area contributed by atoms with Crippen LogP contribution >= 0.6 is 0 Å². The second-order valence-electron chi connectivity index (χ2n) is 5.27. The zero-order chi connectivity index (χ0) is 14.1. The second-order valence-corrected chi connectivity index (χ2v) is 5.27. The molecule has 0 saturated carbocycles. The maximum atomic E-state index is 12.3. The van der Waals surface area contributed by atoms with Crippen LogP contribution in [-0.4, -0.2) is 26.9 Å². The standard InChI is InChI=1S/C14H17N3O3/c1-2-5-12-15-11(16-20-12)8-17-13(18)9-6-3-4-7-10(9)14(17)19/h3-4,9-10H,2,5-8H2,1H3/t9-,10-/m1/s1. The van der Waals surface area contributed by atoms with E-state index >= 15 is 0 Å². The number of imide groups is 1.